The van der Waals surface area contributed by atoms with Crippen molar-refractivity contribution in [2.24, 2.45) is 0 Å². The summed E-state index contributed by atoms with van der Waals surface area (Å²) in [5, 5.41) is 2.64. The second kappa shape index (κ2) is 8.09. The topological polar surface area (TPSA) is 61.2 Å². The van der Waals surface area contributed by atoms with Crippen molar-refractivity contribution in [1.82, 2.24) is 9.55 Å². The Morgan fingerprint density at radius 1 is 1.30 bits per heavy atom. The summed E-state index contributed by atoms with van der Waals surface area (Å²) in [6.07, 6.45) is 4.30. The van der Waals surface area contributed by atoms with Crippen LogP contribution in [0.2, 0.25) is 0 Å². The van der Waals surface area contributed by atoms with E-state index in [1.165, 1.54) is 35.6 Å². The zero-order valence-corrected chi connectivity index (χ0v) is 15.6. The number of nitrogens with zero attached hydrogens (tertiary/aromatic N) is 2. The largest absolute Gasteiger partial charge is 0.454 e. The minimum absolute atomic E-state index is 0.293. The molecular formula is C20H17FN2O3S. The van der Waals surface area contributed by atoms with Crippen molar-refractivity contribution in [3.63, 3.8) is 0 Å². The standard InChI is InChI=1S/C20H17FN2O3S/c1-13-10-17(14(2)23(13)20-22-8-9-27-20)18(24)12-26-19(25)7-6-15-4-3-5-16(21)11-15/h3-11H,12H2,1-2H3/b7-6+. The van der Waals surface area contributed by atoms with Gasteiger partial charge < -0.3 is 4.74 Å². The van der Waals surface area contributed by atoms with Gasteiger partial charge in [-0.15, -0.1) is 11.3 Å². The van der Waals surface area contributed by atoms with Gasteiger partial charge in [-0.3, -0.25) is 9.36 Å². The zero-order valence-electron chi connectivity index (χ0n) is 14.8. The highest BCUT2D eigenvalue weighted by atomic mass is 32.1. The summed E-state index contributed by atoms with van der Waals surface area (Å²) in [7, 11) is 0. The first-order chi connectivity index (χ1) is 13.0. The lowest BCUT2D eigenvalue weighted by molar-refractivity contribution is -0.136. The van der Waals surface area contributed by atoms with Gasteiger partial charge in [-0.1, -0.05) is 12.1 Å². The van der Waals surface area contributed by atoms with E-state index in [4.69, 9.17) is 4.74 Å². The molecule has 0 saturated heterocycles. The van der Waals surface area contributed by atoms with Crippen molar-refractivity contribution < 1.29 is 18.7 Å². The maximum absolute atomic E-state index is 13.1. The molecule has 5 nitrogen and oxygen atoms in total. The van der Waals surface area contributed by atoms with E-state index >= 15 is 0 Å². The van der Waals surface area contributed by atoms with Gasteiger partial charge in [0.05, 0.1) is 0 Å². The molecule has 2 aromatic heterocycles. The Bertz CT molecular complexity index is 1010. The number of thiazole rings is 1. The van der Waals surface area contributed by atoms with Crippen LogP contribution in [0.3, 0.4) is 0 Å². The van der Waals surface area contributed by atoms with Crippen LogP contribution in [0, 0.1) is 19.7 Å². The maximum Gasteiger partial charge on any atom is 0.331 e. The lowest BCUT2D eigenvalue weighted by Gasteiger charge is -2.05. The molecule has 0 unspecified atom stereocenters. The van der Waals surface area contributed by atoms with E-state index in [0.717, 1.165) is 16.5 Å². The molecule has 0 amide bonds. The van der Waals surface area contributed by atoms with Crippen molar-refractivity contribution in [1.29, 1.82) is 0 Å². The Kier molecular flexibility index (Phi) is 5.61. The number of esters is 1. The van der Waals surface area contributed by atoms with Crippen LogP contribution in [0.5, 0.6) is 0 Å². The molecule has 3 aromatic rings. The first-order valence-electron chi connectivity index (χ1n) is 8.18. The Labute approximate surface area is 159 Å². The van der Waals surface area contributed by atoms with Gasteiger partial charge >= 0.3 is 5.97 Å². The molecule has 0 N–H and O–H groups in total. The second-order valence-electron chi connectivity index (χ2n) is 5.85. The van der Waals surface area contributed by atoms with Crippen LogP contribution in [-0.4, -0.2) is 27.9 Å². The van der Waals surface area contributed by atoms with Crippen molar-refractivity contribution in [2.75, 3.05) is 6.61 Å². The Morgan fingerprint density at radius 3 is 2.81 bits per heavy atom. The van der Waals surface area contributed by atoms with Crippen molar-refractivity contribution in [3.8, 4) is 5.13 Å². The first-order valence-corrected chi connectivity index (χ1v) is 9.06. The van der Waals surface area contributed by atoms with Crippen LogP contribution >= 0.6 is 11.3 Å². The highest BCUT2D eigenvalue weighted by Crippen LogP contribution is 2.22. The summed E-state index contributed by atoms with van der Waals surface area (Å²) in [6, 6.07) is 7.57. The second-order valence-corrected chi connectivity index (χ2v) is 6.73. The molecule has 0 radical (unpaired) electrons. The molecule has 0 bridgehead atoms. The highest BCUT2D eigenvalue weighted by molar-refractivity contribution is 7.12. The average molecular weight is 384 g/mol. The number of ketones is 1. The van der Waals surface area contributed by atoms with E-state index in [1.54, 1.807) is 24.4 Å². The number of benzene rings is 1. The van der Waals surface area contributed by atoms with E-state index < -0.39 is 11.8 Å². The fourth-order valence-electron chi connectivity index (χ4n) is 2.70. The van der Waals surface area contributed by atoms with Gasteiger partial charge in [-0.2, -0.15) is 0 Å². The van der Waals surface area contributed by atoms with Crippen molar-refractivity contribution >= 4 is 29.2 Å². The quantitative estimate of drug-likeness (QED) is 0.364. The van der Waals surface area contributed by atoms with Crippen LogP contribution < -0.4 is 0 Å². The predicted molar refractivity (Wildman–Crippen MR) is 102 cm³/mol. The molecule has 7 heteroatoms. The van der Waals surface area contributed by atoms with E-state index in [1.807, 2.05) is 23.8 Å². The number of carbonyl (C=O) groups is 2. The van der Waals surface area contributed by atoms with E-state index in [2.05, 4.69) is 4.98 Å². The number of rotatable bonds is 6. The van der Waals surface area contributed by atoms with Crippen LogP contribution in [0.25, 0.3) is 11.2 Å². The van der Waals surface area contributed by atoms with Crippen LogP contribution in [0.1, 0.15) is 27.3 Å². The van der Waals surface area contributed by atoms with Crippen molar-refractivity contribution in [2.45, 2.75) is 13.8 Å². The summed E-state index contributed by atoms with van der Waals surface area (Å²) in [5.41, 5.74) is 2.65. The minimum Gasteiger partial charge on any atom is -0.454 e. The zero-order chi connectivity index (χ0) is 19.4. The molecule has 0 aliphatic heterocycles. The molecule has 2 heterocycles. The molecule has 138 valence electrons. The summed E-state index contributed by atoms with van der Waals surface area (Å²) in [5.74, 6) is -1.35. The molecule has 0 aliphatic carbocycles. The summed E-state index contributed by atoms with van der Waals surface area (Å²) in [6.45, 7) is 3.35. The van der Waals surface area contributed by atoms with Gasteiger partial charge in [0.2, 0.25) is 5.78 Å². The van der Waals surface area contributed by atoms with Gasteiger partial charge in [0.25, 0.3) is 0 Å². The summed E-state index contributed by atoms with van der Waals surface area (Å²) < 4.78 is 20.0. The average Bonchev–Trinajstić information content (AvgIpc) is 3.25. The number of hydrogen-bond acceptors (Lipinski definition) is 5. The van der Waals surface area contributed by atoms with Crippen molar-refractivity contribution in [3.05, 3.63) is 76.3 Å². The van der Waals surface area contributed by atoms with E-state index in [-0.39, 0.29) is 12.4 Å². The first kappa shape index (κ1) is 18.7. The highest BCUT2D eigenvalue weighted by Gasteiger charge is 2.18. The number of carbonyl (C=O) groups excluding carboxylic acids is 2. The molecule has 0 saturated carbocycles. The van der Waals surface area contributed by atoms with E-state index in [9.17, 15) is 14.0 Å². The third-order valence-electron chi connectivity index (χ3n) is 3.95. The molecule has 0 aliphatic rings. The SMILES string of the molecule is Cc1cc(C(=O)COC(=O)/C=C/c2cccc(F)c2)c(C)n1-c1nccs1. The molecule has 3 rings (SSSR count). The molecule has 0 spiro atoms. The molecule has 0 atom stereocenters. The fourth-order valence-corrected chi connectivity index (χ4v) is 3.45. The lowest BCUT2D eigenvalue weighted by Crippen LogP contribution is -2.13. The van der Waals surface area contributed by atoms with Gasteiger partial charge in [0, 0.05) is 34.6 Å². The van der Waals surface area contributed by atoms with Gasteiger partial charge in [-0.25, -0.2) is 14.2 Å². The fraction of sp³-hybridized carbons (Fsp3) is 0.150. The summed E-state index contributed by atoms with van der Waals surface area (Å²) >= 11 is 1.47. The van der Waals surface area contributed by atoms with Crippen LogP contribution in [0.4, 0.5) is 4.39 Å². The summed E-state index contributed by atoms with van der Waals surface area (Å²) in [4.78, 5) is 28.5. The third-order valence-corrected chi connectivity index (χ3v) is 4.70. The van der Waals surface area contributed by atoms with Gasteiger partial charge in [-0.05, 0) is 43.7 Å². The predicted octanol–water partition coefficient (Wildman–Crippen LogP) is 4.13. The smallest absolute Gasteiger partial charge is 0.331 e. The molecule has 27 heavy (non-hydrogen) atoms. The van der Waals surface area contributed by atoms with Gasteiger partial charge in [0.15, 0.2) is 11.7 Å². The van der Waals surface area contributed by atoms with Crippen LogP contribution in [0.15, 0.2) is 48.0 Å². The Balaban J connectivity index is 1.64. The number of hydrogen-bond donors (Lipinski definition) is 0. The minimum atomic E-state index is -0.665. The lowest BCUT2D eigenvalue weighted by atomic mass is 10.1. The Morgan fingerprint density at radius 2 is 2.11 bits per heavy atom. The third kappa shape index (κ3) is 4.38. The molecule has 1 aromatic carbocycles. The number of aromatic nitrogens is 2. The number of halogens is 1. The maximum atomic E-state index is 13.1. The van der Waals surface area contributed by atoms with Crippen LogP contribution in [-0.2, 0) is 9.53 Å². The van der Waals surface area contributed by atoms with Gasteiger partial charge in [0.1, 0.15) is 5.82 Å². The monoisotopic (exact) mass is 384 g/mol. The molecular weight excluding hydrogens is 367 g/mol. The number of ether oxygens (including phenoxy) is 1. The number of aryl methyl sites for hydroxylation is 1. The Hall–Kier alpha value is -3.06. The van der Waals surface area contributed by atoms with E-state index in [0.29, 0.717) is 11.1 Å². The number of Topliss-reactive ketones (excluding diaryl/α,β-unsaturated/α-hetero) is 1. The molecule has 0 fully saturated rings. The normalized spacial score (nSPS) is 11.1.